The van der Waals surface area contributed by atoms with Gasteiger partial charge < -0.3 is 4.90 Å². The summed E-state index contributed by atoms with van der Waals surface area (Å²) in [5.74, 6) is 1.49. The van der Waals surface area contributed by atoms with Gasteiger partial charge in [0.05, 0.1) is 6.54 Å². The highest BCUT2D eigenvalue weighted by Gasteiger charge is 2.33. The van der Waals surface area contributed by atoms with E-state index < -0.39 is 0 Å². The number of rotatable bonds is 3. The quantitative estimate of drug-likeness (QED) is 0.800. The van der Waals surface area contributed by atoms with E-state index in [-0.39, 0.29) is 11.9 Å². The number of aromatic amines is 1. The summed E-state index contributed by atoms with van der Waals surface area (Å²) in [5.41, 5.74) is 2.76. The number of carbonyl (C=O) groups is 1. The molecule has 1 aliphatic heterocycles. The first-order valence-electron chi connectivity index (χ1n) is 7.92. The first-order valence-corrected chi connectivity index (χ1v) is 7.92. The van der Waals surface area contributed by atoms with Crippen molar-refractivity contribution in [1.29, 1.82) is 0 Å². The normalized spacial score (nSPS) is 17.2. The van der Waals surface area contributed by atoms with Crippen LogP contribution in [-0.2, 0) is 17.9 Å². The summed E-state index contributed by atoms with van der Waals surface area (Å²) in [7, 11) is 0. The van der Waals surface area contributed by atoms with Crippen molar-refractivity contribution in [2.75, 3.05) is 0 Å². The smallest absolute Gasteiger partial charge is 0.246 e. The van der Waals surface area contributed by atoms with Gasteiger partial charge in [0.1, 0.15) is 11.7 Å². The fraction of sp³-hybridized carbons (Fsp3) is 0.294. The predicted molar refractivity (Wildman–Crippen MR) is 87.7 cm³/mol. The van der Waals surface area contributed by atoms with Gasteiger partial charge in [-0.2, -0.15) is 5.10 Å². The van der Waals surface area contributed by atoms with Crippen molar-refractivity contribution in [2.45, 2.75) is 33.0 Å². The standard InChI is InChI=1S/C17H18N6O/c1-11-8-14(19-18-11)16-21-20-15-10-22(17(24)12(2)23(15)16)9-13-6-4-3-5-7-13/h3-8,12H,9-10H2,1-2H3,(H,18,19)/t12-/m1/s1. The molecule has 3 heterocycles. The predicted octanol–water partition coefficient (Wildman–Crippen LogP) is 2.08. The van der Waals surface area contributed by atoms with Crippen molar-refractivity contribution < 1.29 is 4.79 Å². The van der Waals surface area contributed by atoms with Crippen LogP contribution < -0.4 is 0 Å². The highest BCUT2D eigenvalue weighted by atomic mass is 16.2. The number of aryl methyl sites for hydroxylation is 1. The summed E-state index contributed by atoms with van der Waals surface area (Å²) in [6, 6.07) is 11.5. The van der Waals surface area contributed by atoms with Gasteiger partial charge in [-0.3, -0.25) is 14.5 Å². The topological polar surface area (TPSA) is 79.7 Å². The van der Waals surface area contributed by atoms with Crippen molar-refractivity contribution in [2.24, 2.45) is 0 Å². The number of amides is 1. The van der Waals surface area contributed by atoms with Gasteiger partial charge in [0.25, 0.3) is 0 Å². The van der Waals surface area contributed by atoms with E-state index in [4.69, 9.17) is 0 Å². The van der Waals surface area contributed by atoms with Gasteiger partial charge in [-0.1, -0.05) is 30.3 Å². The highest BCUT2D eigenvalue weighted by Crippen LogP contribution is 2.28. The van der Waals surface area contributed by atoms with E-state index in [9.17, 15) is 4.79 Å². The second kappa shape index (κ2) is 5.59. The lowest BCUT2D eigenvalue weighted by molar-refractivity contribution is -0.137. The zero-order chi connectivity index (χ0) is 16.7. The second-order valence-corrected chi connectivity index (χ2v) is 6.10. The van der Waals surface area contributed by atoms with Crippen molar-refractivity contribution >= 4 is 5.91 Å². The molecule has 0 fully saturated rings. The van der Waals surface area contributed by atoms with Crippen LogP contribution in [0.5, 0.6) is 0 Å². The van der Waals surface area contributed by atoms with E-state index in [1.165, 1.54) is 0 Å². The molecule has 1 atom stereocenters. The number of fused-ring (bicyclic) bond motifs is 1. The van der Waals surface area contributed by atoms with Crippen molar-refractivity contribution in [1.82, 2.24) is 29.9 Å². The Bertz CT molecular complexity index is 882. The molecule has 2 aromatic heterocycles. The molecule has 0 unspecified atom stereocenters. The number of benzene rings is 1. The maximum atomic E-state index is 12.8. The number of hydrogen-bond donors (Lipinski definition) is 1. The van der Waals surface area contributed by atoms with Crippen molar-refractivity contribution in [3.8, 4) is 11.5 Å². The number of carbonyl (C=O) groups excluding carboxylic acids is 1. The molecule has 0 spiro atoms. The lowest BCUT2D eigenvalue weighted by atomic mass is 10.1. The second-order valence-electron chi connectivity index (χ2n) is 6.10. The van der Waals surface area contributed by atoms with Crippen LogP contribution in [-0.4, -0.2) is 35.8 Å². The molecule has 7 heteroatoms. The summed E-state index contributed by atoms with van der Waals surface area (Å²) >= 11 is 0. The van der Waals surface area contributed by atoms with E-state index in [0.717, 1.165) is 17.1 Å². The SMILES string of the molecule is Cc1cc(-c2nnc3n2[C@H](C)C(=O)N(Cc2ccccc2)C3)n[nH]1. The minimum absolute atomic E-state index is 0.0691. The van der Waals surface area contributed by atoms with Crippen molar-refractivity contribution in [3.05, 3.63) is 53.5 Å². The van der Waals surface area contributed by atoms with E-state index in [2.05, 4.69) is 20.4 Å². The highest BCUT2D eigenvalue weighted by molar-refractivity contribution is 5.81. The van der Waals surface area contributed by atoms with Crippen molar-refractivity contribution in [3.63, 3.8) is 0 Å². The lowest BCUT2D eigenvalue weighted by Crippen LogP contribution is -2.41. The molecule has 0 saturated heterocycles. The van der Waals surface area contributed by atoms with Crippen LogP contribution in [0.15, 0.2) is 36.4 Å². The first kappa shape index (κ1) is 14.6. The summed E-state index contributed by atoms with van der Waals surface area (Å²) in [4.78, 5) is 14.6. The largest absolute Gasteiger partial charge is 0.329 e. The minimum atomic E-state index is -0.348. The third-order valence-electron chi connectivity index (χ3n) is 4.31. The maximum absolute atomic E-state index is 12.8. The monoisotopic (exact) mass is 322 g/mol. The molecule has 1 aromatic carbocycles. The zero-order valence-electron chi connectivity index (χ0n) is 13.6. The molecule has 7 nitrogen and oxygen atoms in total. The van der Waals surface area contributed by atoms with Gasteiger partial charge in [0.15, 0.2) is 11.6 Å². The molecule has 0 saturated carbocycles. The Labute approximate surface area is 139 Å². The molecule has 122 valence electrons. The Balaban J connectivity index is 1.66. The lowest BCUT2D eigenvalue weighted by Gasteiger charge is -2.32. The average molecular weight is 322 g/mol. The van der Waals surface area contributed by atoms with Crippen LogP contribution in [0.2, 0.25) is 0 Å². The number of hydrogen-bond acceptors (Lipinski definition) is 4. The Morgan fingerprint density at radius 3 is 2.75 bits per heavy atom. The van der Waals surface area contributed by atoms with E-state index in [1.54, 1.807) is 0 Å². The van der Waals surface area contributed by atoms with Gasteiger partial charge in [0.2, 0.25) is 5.91 Å². The fourth-order valence-corrected chi connectivity index (χ4v) is 3.11. The van der Waals surface area contributed by atoms with Crippen LogP contribution in [0, 0.1) is 6.92 Å². The van der Waals surface area contributed by atoms with Gasteiger partial charge in [-0.15, -0.1) is 10.2 Å². The van der Waals surface area contributed by atoms with E-state index >= 15 is 0 Å². The van der Waals surface area contributed by atoms with E-state index in [1.807, 2.05) is 59.7 Å². The van der Waals surface area contributed by atoms with Crippen LogP contribution in [0.4, 0.5) is 0 Å². The average Bonchev–Trinajstić information content (AvgIpc) is 3.19. The molecule has 1 aliphatic rings. The van der Waals surface area contributed by atoms with Gasteiger partial charge in [-0.05, 0) is 25.5 Å². The van der Waals surface area contributed by atoms with Crippen LogP contribution in [0.25, 0.3) is 11.5 Å². The number of nitrogens with zero attached hydrogens (tertiary/aromatic N) is 5. The van der Waals surface area contributed by atoms with Crippen LogP contribution in [0.3, 0.4) is 0 Å². The number of H-pyrrole nitrogens is 1. The molecule has 0 bridgehead atoms. The Kier molecular flexibility index (Phi) is 3.41. The zero-order valence-corrected chi connectivity index (χ0v) is 13.6. The molecular weight excluding hydrogens is 304 g/mol. The Hall–Kier alpha value is -2.96. The molecule has 24 heavy (non-hydrogen) atoms. The van der Waals surface area contributed by atoms with Crippen LogP contribution in [0.1, 0.15) is 30.0 Å². The molecule has 0 aliphatic carbocycles. The molecule has 1 amide bonds. The fourth-order valence-electron chi connectivity index (χ4n) is 3.11. The molecule has 3 aromatic rings. The minimum Gasteiger partial charge on any atom is -0.329 e. The first-order chi connectivity index (χ1) is 11.6. The van der Waals surface area contributed by atoms with Gasteiger partial charge >= 0.3 is 0 Å². The number of aromatic nitrogens is 5. The van der Waals surface area contributed by atoms with Gasteiger partial charge in [0, 0.05) is 12.2 Å². The molecule has 0 radical (unpaired) electrons. The maximum Gasteiger partial charge on any atom is 0.246 e. The third-order valence-corrected chi connectivity index (χ3v) is 4.31. The summed E-state index contributed by atoms with van der Waals surface area (Å²) in [6.07, 6.45) is 0. The summed E-state index contributed by atoms with van der Waals surface area (Å²) in [5, 5.41) is 15.7. The molecule has 1 N–H and O–H groups in total. The summed E-state index contributed by atoms with van der Waals surface area (Å²) in [6.45, 7) is 4.84. The number of nitrogens with one attached hydrogen (secondary N) is 1. The molecule has 4 rings (SSSR count). The van der Waals surface area contributed by atoms with Crippen LogP contribution >= 0.6 is 0 Å². The van der Waals surface area contributed by atoms with E-state index in [0.29, 0.717) is 24.6 Å². The summed E-state index contributed by atoms with van der Waals surface area (Å²) < 4.78 is 1.89. The third kappa shape index (κ3) is 2.38. The Morgan fingerprint density at radius 2 is 2.04 bits per heavy atom. The van der Waals surface area contributed by atoms with Gasteiger partial charge in [-0.25, -0.2) is 0 Å². The molecular formula is C17H18N6O. The Morgan fingerprint density at radius 1 is 1.25 bits per heavy atom.